The van der Waals surface area contributed by atoms with Gasteiger partial charge in [-0.05, 0) is 6.42 Å². The van der Waals surface area contributed by atoms with Crippen LogP contribution in [-0.2, 0) is 4.79 Å². The van der Waals surface area contributed by atoms with E-state index in [0.717, 1.165) is 11.4 Å². The van der Waals surface area contributed by atoms with E-state index in [1.807, 2.05) is 12.3 Å². The van der Waals surface area contributed by atoms with Crippen molar-refractivity contribution >= 4 is 23.3 Å². The molecule has 6 nitrogen and oxygen atoms in total. The van der Waals surface area contributed by atoms with Crippen LogP contribution in [0.2, 0.25) is 0 Å². The maximum absolute atomic E-state index is 11.8. The number of carboxylic acid groups (broad SMARTS) is 1. The first kappa shape index (κ1) is 14.4. The Balaban J connectivity index is 2.49. The number of aliphatic carboxylic acids is 1. The van der Waals surface area contributed by atoms with Gasteiger partial charge in [-0.25, -0.2) is 9.78 Å². The van der Waals surface area contributed by atoms with E-state index in [-0.39, 0.29) is 25.0 Å². The molecule has 0 aliphatic carbocycles. The van der Waals surface area contributed by atoms with E-state index in [1.165, 1.54) is 16.2 Å². The van der Waals surface area contributed by atoms with Gasteiger partial charge in [0.05, 0.1) is 12.5 Å². The second-order valence-electron chi connectivity index (χ2n) is 3.85. The average Bonchev–Trinajstić information content (AvgIpc) is 2.86. The number of amides is 2. The molecule has 0 aliphatic heterocycles. The molecule has 2 N–H and O–H groups in total. The number of nitrogens with zero attached hydrogens (tertiary/aromatic N) is 2. The van der Waals surface area contributed by atoms with Gasteiger partial charge >= 0.3 is 12.0 Å². The molecule has 100 valence electrons. The van der Waals surface area contributed by atoms with E-state index in [2.05, 4.69) is 10.3 Å². The van der Waals surface area contributed by atoms with Gasteiger partial charge in [-0.1, -0.05) is 6.92 Å². The first-order chi connectivity index (χ1) is 8.54. The molecule has 1 atom stereocenters. The van der Waals surface area contributed by atoms with Crippen LogP contribution in [0.4, 0.5) is 4.79 Å². The minimum Gasteiger partial charge on any atom is -0.481 e. The number of rotatable bonds is 6. The topological polar surface area (TPSA) is 82.5 Å². The molecule has 0 saturated heterocycles. The first-order valence-electron chi connectivity index (χ1n) is 5.67. The van der Waals surface area contributed by atoms with E-state index >= 15 is 0 Å². The number of carbonyl (C=O) groups is 2. The number of aromatic nitrogens is 1. The van der Waals surface area contributed by atoms with Gasteiger partial charge in [0.25, 0.3) is 0 Å². The predicted octanol–water partition coefficient (Wildman–Crippen LogP) is 1.71. The smallest absolute Gasteiger partial charge is 0.317 e. The van der Waals surface area contributed by atoms with Crippen LogP contribution in [0.5, 0.6) is 0 Å². The van der Waals surface area contributed by atoms with Gasteiger partial charge in [0.15, 0.2) is 0 Å². The Morgan fingerprint density at radius 2 is 2.33 bits per heavy atom. The van der Waals surface area contributed by atoms with E-state index in [0.29, 0.717) is 0 Å². The normalized spacial score (nSPS) is 11.9. The Morgan fingerprint density at radius 1 is 1.61 bits per heavy atom. The van der Waals surface area contributed by atoms with Crippen molar-refractivity contribution in [3.05, 3.63) is 16.6 Å². The molecule has 0 radical (unpaired) electrons. The van der Waals surface area contributed by atoms with E-state index in [1.54, 1.807) is 13.2 Å². The zero-order valence-electron chi connectivity index (χ0n) is 10.4. The van der Waals surface area contributed by atoms with E-state index in [4.69, 9.17) is 5.11 Å². The molecule has 7 heteroatoms. The predicted molar refractivity (Wildman–Crippen MR) is 68.6 cm³/mol. The molecule has 0 fully saturated rings. The van der Waals surface area contributed by atoms with Gasteiger partial charge in [-0.2, -0.15) is 0 Å². The summed E-state index contributed by atoms with van der Waals surface area (Å²) in [5.74, 6) is -0.915. The second-order valence-corrected chi connectivity index (χ2v) is 4.77. The van der Waals surface area contributed by atoms with E-state index in [9.17, 15) is 9.59 Å². The fourth-order valence-corrected chi connectivity index (χ4v) is 2.14. The van der Waals surface area contributed by atoms with Gasteiger partial charge in [0.2, 0.25) is 0 Å². The third-order valence-corrected chi connectivity index (χ3v) is 3.35. The van der Waals surface area contributed by atoms with Crippen LogP contribution in [0.15, 0.2) is 11.6 Å². The third kappa shape index (κ3) is 4.33. The summed E-state index contributed by atoms with van der Waals surface area (Å²) >= 11 is 1.49. The summed E-state index contributed by atoms with van der Waals surface area (Å²) in [6, 6.07) is -0.400. The van der Waals surface area contributed by atoms with Crippen molar-refractivity contribution in [2.45, 2.75) is 25.8 Å². The van der Waals surface area contributed by atoms with Crippen LogP contribution in [0.25, 0.3) is 0 Å². The van der Waals surface area contributed by atoms with E-state index < -0.39 is 5.97 Å². The lowest BCUT2D eigenvalue weighted by Crippen LogP contribution is -2.40. The maximum atomic E-state index is 11.8. The SMILES string of the molecule is CCC(NC(=O)N(C)CCC(=O)O)c1nccs1. The Kier molecular flexibility index (Phi) is 5.57. The molecule has 1 unspecified atom stereocenters. The largest absolute Gasteiger partial charge is 0.481 e. The molecule has 1 aromatic rings. The van der Waals surface area contributed by atoms with Crippen LogP contribution in [-0.4, -0.2) is 40.6 Å². The Bertz CT molecular complexity index is 394. The molecule has 2 amide bonds. The third-order valence-electron chi connectivity index (χ3n) is 2.46. The number of urea groups is 1. The lowest BCUT2D eigenvalue weighted by molar-refractivity contribution is -0.137. The van der Waals surface area contributed by atoms with Crippen molar-refractivity contribution < 1.29 is 14.7 Å². The molecule has 0 aliphatic rings. The van der Waals surface area contributed by atoms with Gasteiger partial charge in [0, 0.05) is 25.2 Å². The Labute approximate surface area is 110 Å². The quantitative estimate of drug-likeness (QED) is 0.825. The van der Waals surface area contributed by atoms with Crippen molar-refractivity contribution in [1.29, 1.82) is 0 Å². The zero-order valence-corrected chi connectivity index (χ0v) is 11.2. The maximum Gasteiger partial charge on any atom is 0.317 e. The number of hydrogen-bond acceptors (Lipinski definition) is 4. The highest BCUT2D eigenvalue weighted by atomic mass is 32.1. The highest BCUT2D eigenvalue weighted by molar-refractivity contribution is 7.09. The molecule has 0 aromatic carbocycles. The van der Waals surface area contributed by atoms with Crippen LogP contribution in [0, 0.1) is 0 Å². The average molecular weight is 271 g/mol. The van der Waals surface area contributed by atoms with Crippen molar-refractivity contribution in [2.24, 2.45) is 0 Å². The lowest BCUT2D eigenvalue weighted by Gasteiger charge is -2.21. The fourth-order valence-electron chi connectivity index (χ4n) is 1.37. The minimum atomic E-state index is -0.915. The Morgan fingerprint density at radius 3 is 2.83 bits per heavy atom. The minimum absolute atomic E-state index is 0.0576. The van der Waals surface area contributed by atoms with Gasteiger partial charge in [-0.15, -0.1) is 11.3 Å². The Hall–Kier alpha value is -1.63. The highest BCUT2D eigenvalue weighted by Gasteiger charge is 2.17. The highest BCUT2D eigenvalue weighted by Crippen LogP contribution is 2.18. The van der Waals surface area contributed by atoms with Gasteiger partial charge in [0.1, 0.15) is 5.01 Å². The molecule has 1 rings (SSSR count). The van der Waals surface area contributed by atoms with Crippen LogP contribution in [0.3, 0.4) is 0 Å². The van der Waals surface area contributed by atoms with Gasteiger partial charge < -0.3 is 15.3 Å². The molecule has 18 heavy (non-hydrogen) atoms. The summed E-state index contributed by atoms with van der Waals surface area (Å²) in [5.41, 5.74) is 0. The molecular formula is C11H17N3O3S. The lowest BCUT2D eigenvalue weighted by atomic mass is 10.2. The standard InChI is InChI=1S/C11H17N3O3S/c1-3-8(10-12-5-7-18-10)13-11(17)14(2)6-4-9(15)16/h5,7-8H,3-4,6H2,1-2H3,(H,13,17)(H,15,16). The number of nitrogens with one attached hydrogen (secondary N) is 1. The molecule has 0 bridgehead atoms. The zero-order chi connectivity index (χ0) is 13.5. The van der Waals surface area contributed by atoms with Crippen LogP contribution < -0.4 is 5.32 Å². The summed E-state index contributed by atoms with van der Waals surface area (Å²) in [6.07, 6.45) is 2.38. The summed E-state index contributed by atoms with van der Waals surface area (Å²) in [5, 5.41) is 14.1. The number of thiazole rings is 1. The summed E-state index contributed by atoms with van der Waals surface area (Å²) < 4.78 is 0. The van der Waals surface area contributed by atoms with Gasteiger partial charge in [-0.3, -0.25) is 4.79 Å². The second kappa shape index (κ2) is 6.95. The number of carboxylic acids is 1. The molecule has 1 heterocycles. The first-order valence-corrected chi connectivity index (χ1v) is 6.55. The molecular weight excluding hydrogens is 254 g/mol. The summed E-state index contributed by atoms with van der Waals surface area (Å²) in [4.78, 5) is 27.8. The molecule has 0 saturated carbocycles. The van der Waals surface area contributed by atoms with Crippen LogP contribution in [0.1, 0.15) is 30.8 Å². The van der Waals surface area contributed by atoms with Crippen molar-refractivity contribution in [3.63, 3.8) is 0 Å². The van der Waals surface area contributed by atoms with Crippen molar-refractivity contribution in [2.75, 3.05) is 13.6 Å². The summed E-state index contributed by atoms with van der Waals surface area (Å²) in [6.45, 7) is 2.15. The van der Waals surface area contributed by atoms with Crippen molar-refractivity contribution in [3.8, 4) is 0 Å². The van der Waals surface area contributed by atoms with Crippen molar-refractivity contribution in [1.82, 2.24) is 15.2 Å². The number of hydrogen-bond donors (Lipinski definition) is 2. The molecule has 0 spiro atoms. The summed E-state index contributed by atoms with van der Waals surface area (Å²) in [7, 11) is 1.58. The fraction of sp³-hybridized carbons (Fsp3) is 0.545. The number of carbonyl (C=O) groups excluding carboxylic acids is 1. The molecule has 1 aromatic heterocycles. The van der Waals surface area contributed by atoms with Crippen LogP contribution >= 0.6 is 11.3 Å². The monoisotopic (exact) mass is 271 g/mol.